The smallest absolute Gasteiger partial charge is 0.248 e. The lowest BCUT2D eigenvalue weighted by Crippen LogP contribution is -2.38. The van der Waals surface area contributed by atoms with Crippen molar-refractivity contribution in [3.63, 3.8) is 0 Å². The van der Waals surface area contributed by atoms with Gasteiger partial charge in [0.05, 0.1) is 12.3 Å². The van der Waals surface area contributed by atoms with Crippen molar-refractivity contribution < 1.29 is 13.5 Å². The van der Waals surface area contributed by atoms with Gasteiger partial charge in [-0.1, -0.05) is 0 Å². The summed E-state index contributed by atoms with van der Waals surface area (Å²) in [6.07, 6.45) is -0.120. The third kappa shape index (κ3) is 3.86. The molecule has 106 valence electrons. The van der Waals surface area contributed by atoms with Gasteiger partial charge in [-0.25, -0.2) is 8.78 Å². The molecule has 1 aliphatic carbocycles. The van der Waals surface area contributed by atoms with Crippen LogP contribution in [0.5, 0.6) is 5.75 Å². The summed E-state index contributed by atoms with van der Waals surface area (Å²) in [5.41, 5.74) is 1.79. The summed E-state index contributed by atoms with van der Waals surface area (Å²) in [5, 5.41) is 0. The Morgan fingerprint density at radius 2 is 2.05 bits per heavy atom. The predicted octanol–water partition coefficient (Wildman–Crippen LogP) is 2.88. The van der Waals surface area contributed by atoms with E-state index in [-0.39, 0.29) is 18.8 Å². The number of aromatic nitrogens is 1. The van der Waals surface area contributed by atoms with E-state index in [1.807, 2.05) is 38.1 Å². The first-order valence-electron chi connectivity index (χ1n) is 6.47. The summed E-state index contributed by atoms with van der Waals surface area (Å²) < 4.78 is 31.2. The Bertz CT molecular complexity index is 441. The molecule has 19 heavy (non-hydrogen) atoms. The van der Waals surface area contributed by atoms with Crippen molar-refractivity contribution in [2.75, 3.05) is 20.7 Å². The molecule has 5 heteroatoms. The molecule has 2 rings (SSSR count). The van der Waals surface area contributed by atoms with E-state index >= 15 is 0 Å². The van der Waals surface area contributed by atoms with Gasteiger partial charge in [0.2, 0.25) is 5.92 Å². The molecule has 0 aliphatic heterocycles. The molecule has 1 heterocycles. The quantitative estimate of drug-likeness (QED) is 0.822. The minimum atomic E-state index is -2.48. The molecule has 1 aromatic heterocycles. The van der Waals surface area contributed by atoms with Crippen LogP contribution in [0, 0.1) is 12.8 Å². The molecule has 0 aromatic carbocycles. The Labute approximate surface area is 112 Å². The zero-order valence-electron chi connectivity index (χ0n) is 11.6. The Morgan fingerprint density at radius 1 is 1.37 bits per heavy atom. The van der Waals surface area contributed by atoms with Crippen molar-refractivity contribution in [1.82, 2.24) is 9.88 Å². The maximum Gasteiger partial charge on any atom is 0.248 e. The van der Waals surface area contributed by atoms with Crippen molar-refractivity contribution in [3.05, 3.63) is 23.5 Å². The van der Waals surface area contributed by atoms with E-state index in [0.29, 0.717) is 18.9 Å². The normalized spacial score (nSPS) is 18.4. The minimum Gasteiger partial charge on any atom is -0.491 e. The molecule has 0 amide bonds. The first kappa shape index (κ1) is 14.2. The summed E-state index contributed by atoms with van der Waals surface area (Å²) >= 11 is 0. The Hall–Kier alpha value is -1.23. The number of alkyl halides is 2. The van der Waals surface area contributed by atoms with Gasteiger partial charge in [0.15, 0.2) is 0 Å². The molecule has 1 fully saturated rings. The summed E-state index contributed by atoms with van der Waals surface area (Å²) in [6, 6.07) is 3.75. The number of hydrogen-bond donors (Lipinski definition) is 0. The van der Waals surface area contributed by atoms with Gasteiger partial charge in [-0.15, -0.1) is 0 Å². The van der Waals surface area contributed by atoms with Crippen molar-refractivity contribution in [3.8, 4) is 5.75 Å². The van der Waals surface area contributed by atoms with Crippen molar-refractivity contribution in [1.29, 1.82) is 0 Å². The number of nitrogens with zero attached hydrogens (tertiary/aromatic N) is 2. The van der Waals surface area contributed by atoms with Crippen LogP contribution in [-0.4, -0.2) is 36.5 Å². The zero-order chi connectivity index (χ0) is 14.0. The highest BCUT2D eigenvalue weighted by atomic mass is 19.3. The first-order valence-corrected chi connectivity index (χ1v) is 6.47. The second-order valence-electron chi connectivity index (χ2n) is 5.58. The number of ether oxygens (including phenoxy) is 1. The molecule has 0 bridgehead atoms. The molecule has 0 unspecified atom stereocenters. The average Bonchev–Trinajstić information content (AvgIpc) is 2.24. The third-order valence-corrected chi connectivity index (χ3v) is 3.19. The SMILES string of the molecule is Cc1ccc(OCC2CC(F)(F)C2)c(CN(C)C)n1. The average molecular weight is 270 g/mol. The molecule has 1 saturated carbocycles. The van der Waals surface area contributed by atoms with E-state index < -0.39 is 5.92 Å². The molecule has 1 aromatic rings. The second kappa shape index (κ2) is 5.41. The van der Waals surface area contributed by atoms with E-state index in [2.05, 4.69) is 4.98 Å². The summed E-state index contributed by atoms with van der Waals surface area (Å²) in [4.78, 5) is 6.45. The second-order valence-corrected chi connectivity index (χ2v) is 5.58. The fourth-order valence-electron chi connectivity index (χ4n) is 2.25. The van der Waals surface area contributed by atoms with E-state index in [1.165, 1.54) is 0 Å². The monoisotopic (exact) mass is 270 g/mol. The maximum absolute atomic E-state index is 12.7. The number of hydrogen-bond acceptors (Lipinski definition) is 3. The van der Waals surface area contributed by atoms with Crippen LogP contribution in [0.15, 0.2) is 12.1 Å². The van der Waals surface area contributed by atoms with Gasteiger partial charge < -0.3 is 9.64 Å². The number of rotatable bonds is 5. The fraction of sp³-hybridized carbons (Fsp3) is 0.643. The highest BCUT2D eigenvalue weighted by molar-refractivity contribution is 5.29. The van der Waals surface area contributed by atoms with Gasteiger partial charge in [-0.2, -0.15) is 0 Å². The summed E-state index contributed by atoms with van der Waals surface area (Å²) in [6.45, 7) is 2.95. The van der Waals surface area contributed by atoms with E-state index in [4.69, 9.17) is 4.74 Å². The van der Waals surface area contributed by atoms with Crippen LogP contribution in [0.1, 0.15) is 24.2 Å². The van der Waals surface area contributed by atoms with Crippen LogP contribution in [0.2, 0.25) is 0 Å². The van der Waals surface area contributed by atoms with E-state index in [0.717, 1.165) is 11.4 Å². The molecule has 0 spiro atoms. The standard InChI is InChI=1S/C14H20F2N2O/c1-10-4-5-13(12(17-10)8-18(2)3)19-9-11-6-14(15,16)7-11/h4-5,11H,6-9H2,1-3H3. The topological polar surface area (TPSA) is 25.4 Å². The van der Waals surface area contributed by atoms with Crippen LogP contribution in [-0.2, 0) is 6.54 Å². The highest BCUT2D eigenvalue weighted by Crippen LogP contribution is 2.42. The number of halogens is 2. The Morgan fingerprint density at radius 3 is 2.63 bits per heavy atom. The third-order valence-electron chi connectivity index (χ3n) is 3.19. The van der Waals surface area contributed by atoms with Crippen LogP contribution >= 0.6 is 0 Å². The molecule has 0 saturated heterocycles. The van der Waals surface area contributed by atoms with Crippen LogP contribution in [0.25, 0.3) is 0 Å². The lowest BCUT2D eigenvalue weighted by Gasteiger charge is -2.34. The van der Waals surface area contributed by atoms with E-state index in [9.17, 15) is 8.78 Å². The maximum atomic E-state index is 12.7. The van der Waals surface area contributed by atoms with E-state index in [1.54, 1.807) is 0 Å². The molecule has 1 aliphatic rings. The number of aryl methyl sites for hydroxylation is 1. The van der Waals surface area contributed by atoms with Gasteiger partial charge in [-0.3, -0.25) is 4.98 Å². The molecule has 0 radical (unpaired) electrons. The lowest BCUT2D eigenvalue weighted by atomic mass is 9.82. The largest absolute Gasteiger partial charge is 0.491 e. The predicted molar refractivity (Wildman–Crippen MR) is 69.5 cm³/mol. The molecular weight excluding hydrogens is 250 g/mol. The van der Waals surface area contributed by atoms with Gasteiger partial charge >= 0.3 is 0 Å². The molecule has 0 N–H and O–H groups in total. The van der Waals surface area contributed by atoms with Gasteiger partial charge in [0, 0.05) is 31.0 Å². The molecular formula is C14H20F2N2O. The summed E-state index contributed by atoms with van der Waals surface area (Å²) in [7, 11) is 3.92. The molecule has 3 nitrogen and oxygen atoms in total. The van der Waals surface area contributed by atoms with Gasteiger partial charge in [0.1, 0.15) is 5.75 Å². The van der Waals surface area contributed by atoms with Gasteiger partial charge in [0.25, 0.3) is 0 Å². The first-order chi connectivity index (χ1) is 8.85. The van der Waals surface area contributed by atoms with Crippen molar-refractivity contribution >= 4 is 0 Å². The van der Waals surface area contributed by atoms with Crippen LogP contribution in [0.3, 0.4) is 0 Å². The Kier molecular flexibility index (Phi) is 4.04. The molecule has 0 atom stereocenters. The Balaban J connectivity index is 1.95. The zero-order valence-corrected chi connectivity index (χ0v) is 11.6. The van der Waals surface area contributed by atoms with Crippen LogP contribution in [0.4, 0.5) is 8.78 Å². The summed E-state index contributed by atoms with van der Waals surface area (Å²) in [5.74, 6) is -1.82. The van der Waals surface area contributed by atoms with Gasteiger partial charge in [-0.05, 0) is 33.2 Å². The van der Waals surface area contributed by atoms with Crippen LogP contribution < -0.4 is 4.74 Å². The lowest BCUT2D eigenvalue weighted by molar-refractivity contribution is -0.119. The number of pyridine rings is 1. The fourth-order valence-corrected chi connectivity index (χ4v) is 2.25. The van der Waals surface area contributed by atoms with Crippen molar-refractivity contribution in [2.24, 2.45) is 5.92 Å². The minimum absolute atomic E-state index is 0.0384. The van der Waals surface area contributed by atoms with Crippen molar-refractivity contribution in [2.45, 2.75) is 32.2 Å². The highest BCUT2D eigenvalue weighted by Gasteiger charge is 2.45.